The molecule has 0 bridgehead atoms. The maximum absolute atomic E-state index is 10.7. The van der Waals surface area contributed by atoms with Gasteiger partial charge in [0, 0.05) is 6.08 Å². The van der Waals surface area contributed by atoms with Crippen molar-refractivity contribution in [2.75, 3.05) is 39.9 Å². The number of quaternary nitrogens is 1. The predicted octanol–water partition coefficient (Wildman–Crippen LogP) is 0.685. The van der Waals surface area contributed by atoms with Crippen molar-refractivity contribution in [3.05, 3.63) is 12.7 Å². The Morgan fingerprint density at radius 1 is 1.30 bits per heavy atom. The van der Waals surface area contributed by atoms with Gasteiger partial charge in [-0.1, -0.05) is 6.58 Å². The van der Waals surface area contributed by atoms with Gasteiger partial charge >= 0.3 is 5.97 Å². The number of carbonyl (C=O) groups is 1. The molecule has 0 N–H and O–H groups in total. The lowest BCUT2D eigenvalue weighted by molar-refractivity contribution is -0.906. The monoisotopic (exact) mass is 311 g/mol. The molecule has 0 radical (unpaired) electrons. The molecule has 0 amide bonds. The second kappa shape index (κ2) is 10.8. The van der Waals surface area contributed by atoms with Crippen LogP contribution in [-0.2, 0) is 24.1 Å². The first-order chi connectivity index (χ1) is 9.14. The number of esters is 1. The van der Waals surface area contributed by atoms with Crippen molar-refractivity contribution in [1.82, 2.24) is 0 Å². The fourth-order valence-electron chi connectivity index (χ4n) is 1.11. The summed E-state index contributed by atoms with van der Waals surface area (Å²) in [4.78, 5) is 10.7. The van der Waals surface area contributed by atoms with Crippen LogP contribution < -0.4 is 0 Å². The largest absolute Gasteiger partial charge is 0.726 e. The summed E-state index contributed by atoms with van der Waals surface area (Å²) < 4.78 is 37.9. The van der Waals surface area contributed by atoms with E-state index in [0.29, 0.717) is 6.61 Å². The van der Waals surface area contributed by atoms with Crippen molar-refractivity contribution in [2.24, 2.45) is 0 Å². The van der Waals surface area contributed by atoms with Crippen molar-refractivity contribution in [3.8, 4) is 0 Å². The Labute approximate surface area is 121 Å². The van der Waals surface area contributed by atoms with E-state index < -0.39 is 10.4 Å². The van der Waals surface area contributed by atoms with Gasteiger partial charge in [-0.3, -0.25) is 4.18 Å². The highest BCUT2D eigenvalue weighted by atomic mass is 32.3. The number of ether oxygens (including phenoxy) is 1. The third-order valence-corrected chi connectivity index (χ3v) is 3.36. The van der Waals surface area contributed by atoms with Crippen molar-refractivity contribution >= 4 is 16.4 Å². The molecular formula is C12H25NO6S. The maximum atomic E-state index is 10.7. The van der Waals surface area contributed by atoms with Crippen molar-refractivity contribution in [3.63, 3.8) is 0 Å². The second-order valence-electron chi connectivity index (χ2n) is 4.16. The topological polar surface area (TPSA) is 92.7 Å². The zero-order valence-electron chi connectivity index (χ0n) is 12.6. The van der Waals surface area contributed by atoms with Gasteiger partial charge in [-0.05, 0) is 20.8 Å². The van der Waals surface area contributed by atoms with Gasteiger partial charge in [-0.25, -0.2) is 13.2 Å². The lowest BCUT2D eigenvalue weighted by atomic mass is 10.4. The fourth-order valence-corrected chi connectivity index (χ4v) is 1.40. The Hall–Kier alpha value is -0.960. The van der Waals surface area contributed by atoms with E-state index in [2.05, 4.69) is 31.7 Å². The summed E-state index contributed by atoms with van der Waals surface area (Å²) in [5.74, 6) is -0.334. The SMILES string of the molecule is C=CC(=O)OCC[N+](C)(CC)CC.CCOS(=O)(=O)[O-]. The highest BCUT2D eigenvalue weighted by Crippen LogP contribution is 2.00. The van der Waals surface area contributed by atoms with Crippen LogP contribution in [0.4, 0.5) is 0 Å². The molecule has 0 unspecified atom stereocenters. The zero-order valence-corrected chi connectivity index (χ0v) is 13.4. The Bertz CT molecular complexity index is 375. The van der Waals surface area contributed by atoms with Gasteiger partial charge in [0.05, 0.1) is 26.7 Å². The Morgan fingerprint density at radius 2 is 1.80 bits per heavy atom. The normalized spacial score (nSPS) is 11.2. The highest BCUT2D eigenvalue weighted by molar-refractivity contribution is 7.80. The van der Waals surface area contributed by atoms with Crippen molar-refractivity contribution < 1.29 is 31.2 Å². The molecule has 0 fully saturated rings. The number of hydrogen-bond acceptors (Lipinski definition) is 6. The quantitative estimate of drug-likeness (QED) is 0.215. The van der Waals surface area contributed by atoms with Crippen molar-refractivity contribution in [2.45, 2.75) is 20.8 Å². The van der Waals surface area contributed by atoms with Crippen LogP contribution in [0, 0.1) is 0 Å². The Kier molecular flexibility index (Phi) is 11.5. The van der Waals surface area contributed by atoms with Gasteiger partial charge in [0.15, 0.2) is 0 Å². The van der Waals surface area contributed by atoms with Crippen LogP contribution in [0.3, 0.4) is 0 Å². The molecule has 0 saturated carbocycles. The fraction of sp³-hybridized carbons (Fsp3) is 0.750. The molecule has 120 valence electrons. The molecule has 0 aliphatic carbocycles. The molecule has 20 heavy (non-hydrogen) atoms. The summed E-state index contributed by atoms with van der Waals surface area (Å²) in [6.07, 6.45) is 1.20. The van der Waals surface area contributed by atoms with E-state index >= 15 is 0 Å². The van der Waals surface area contributed by atoms with Crippen LogP contribution in [0.1, 0.15) is 20.8 Å². The molecule has 0 saturated heterocycles. The molecule has 0 aromatic carbocycles. The summed E-state index contributed by atoms with van der Waals surface area (Å²) in [6, 6.07) is 0. The van der Waals surface area contributed by atoms with E-state index in [0.717, 1.165) is 24.1 Å². The molecule has 0 rings (SSSR count). The van der Waals surface area contributed by atoms with Crippen LogP contribution in [0.2, 0.25) is 0 Å². The molecule has 0 aliphatic heterocycles. The number of rotatable bonds is 8. The molecule has 7 nitrogen and oxygen atoms in total. The summed E-state index contributed by atoms with van der Waals surface area (Å²) in [5, 5.41) is 0. The van der Waals surface area contributed by atoms with Crippen LogP contribution in [-0.4, -0.2) is 63.3 Å². The van der Waals surface area contributed by atoms with Crippen molar-refractivity contribution in [1.29, 1.82) is 0 Å². The molecule has 0 aliphatic rings. The van der Waals surface area contributed by atoms with Crippen LogP contribution in [0.5, 0.6) is 0 Å². The van der Waals surface area contributed by atoms with Gasteiger partial charge in [-0.15, -0.1) is 0 Å². The number of nitrogens with zero attached hydrogens (tertiary/aromatic N) is 1. The van der Waals surface area contributed by atoms with Crippen LogP contribution in [0.15, 0.2) is 12.7 Å². The van der Waals surface area contributed by atoms with E-state index in [-0.39, 0.29) is 12.6 Å². The lowest BCUT2D eigenvalue weighted by Gasteiger charge is -2.31. The first-order valence-electron chi connectivity index (χ1n) is 6.37. The minimum absolute atomic E-state index is 0.0914. The van der Waals surface area contributed by atoms with E-state index in [4.69, 9.17) is 4.74 Å². The van der Waals surface area contributed by atoms with Crippen LogP contribution >= 0.6 is 0 Å². The first-order valence-corrected chi connectivity index (χ1v) is 7.70. The standard InChI is InChI=1S/C10H20NO2.C2H6O4S/c1-5-10(12)13-9-8-11(4,6-2)7-3;1-2-6-7(3,4)5/h5H,1,6-9H2,2-4H3;2H2,1H3,(H,3,4,5)/q+1;/p-1. The Balaban J connectivity index is 0. The molecule has 8 heteroatoms. The average Bonchev–Trinajstić information content (AvgIpc) is 2.37. The van der Waals surface area contributed by atoms with Gasteiger partial charge < -0.3 is 13.8 Å². The third kappa shape index (κ3) is 13.5. The van der Waals surface area contributed by atoms with Gasteiger partial charge in [0.2, 0.25) is 10.4 Å². The maximum Gasteiger partial charge on any atom is 0.330 e. The molecule has 0 heterocycles. The minimum Gasteiger partial charge on any atom is -0.726 e. The summed E-state index contributed by atoms with van der Waals surface area (Å²) in [6.45, 7) is 12.4. The van der Waals surface area contributed by atoms with Crippen LogP contribution in [0.25, 0.3) is 0 Å². The van der Waals surface area contributed by atoms with Gasteiger partial charge in [0.25, 0.3) is 0 Å². The van der Waals surface area contributed by atoms with Gasteiger partial charge in [0.1, 0.15) is 13.2 Å². The highest BCUT2D eigenvalue weighted by Gasteiger charge is 2.16. The predicted molar refractivity (Wildman–Crippen MR) is 74.6 cm³/mol. The van der Waals surface area contributed by atoms with E-state index in [9.17, 15) is 17.8 Å². The van der Waals surface area contributed by atoms with E-state index in [1.54, 1.807) is 0 Å². The number of hydrogen-bond donors (Lipinski definition) is 0. The summed E-state index contributed by atoms with van der Waals surface area (Å²) >= 11 is 0. The second-order valence-corrected chi connectivity index (χ2v) is 5.21. The average molecular weight is 311 g/mol. The molecule has 0 spiro atoms. The van der Waals surface area contributed by atoms with E-state index in [1.807, 2.05) is 0 Å². The number of likely N-dealkylation sites (N-methyl/N-ethyl adjacent to an activating group) is 1. The minimum atomic E-state index is -4.42. The molecular weight excluding hydrogens is 286 g/mol. The smallest absolute Gasteiger partial charge is 0.330 e. The zero-order chi connectivity index (χ0) is 16.2. The van der Waals surface area contributed by atoms with Gasteiger partial charge in [-0.2, -0.15) is 0 Å². The summed E-state index contributed by atoms with van der Waals surface area (Å²) in [5.41, 5.74) is 0. The molecule has 0 atom stereocenters. The third-order valence-electron chi connectivity index (χ3n) is 2.83. The molecule has 0 aromatic heterocycles. The lowest BCUT2D eigenvalue weighted by Crippen LogP contribution is -2.46. The summed E-state index contributed by atoms with van der Waals surface area (Å²) in [7, 11) is -2.27. The number of carbonyl (C=O) groups excluding carboxylic acids is 1. The molecule has 0 aromatic rings. The first kappa shape index (κ1) is 21.3. The van der Waals surface area contributed by atoms with E-state index in [1.165, 1.54) is 13.0 Å². The Morgan fingerprint density at radius 3 is 2.05 bits per heavy atom.